The van der Waals surface area contributed by atoms with Gasteiger partial charge >= 0.3 is 5.97 Å². The van der Waals surface area contributed by atoms with Gasteiger partial charge in [0.2, 0.25) is 10.0 Å². The molecule has 6 nitrogen and oxygen atoms in total. The Labute approximate surface area is 129 Å². The Hall–Kier alpha value is -0.860. The molecule has 0 radical (unpaired) electrons. The number of carbonyl (C=O) groups excluding carboxylic acids is 1. The Morgan fingerprint density at radius 2 is 2.10 bits per heavy atom. The van der Waals surface area contributed by atoms with E-state index in [2.05, 4.69) is 9.46 Å². The number of benzene rings is 1. The molecule has 0 aliphatic carbocycles. The minimum absolute atomic E-state index is 0. The number of nitrogens with two attached hydrogens (primary N) is 1. The van der Waals surface area contributed by atoms with Crippen LogP contribution in [-0.4, -0.2) is 34.6 Å². The number of nitrogens with one attached hydrogen (secondary N) is 1. The summed E-state index contributed by atoms with van der Waals surface area (Å²) in [6, 6.07) is 3.81. The van der Waals surface area contributed by atoms with Crippen molar-refractivity contribution in [3.05, 3.63) is 28.8 Å². The molecular weight excluding hydrogens is 327 g/mol. The number of sulfonamides is 1. The fourth-order valence-electron chi connectivity index (χ4n) is 1.33. The van der Waals surface area contributed by atoms with E-state index >= 15 is 0 Å². The molecule has 20 heavy (non-hydrogen) atoms. The largest absolute Gasteiger partial charge is 0.465 e. The molecule has 9 heteroatoms. The van der Waals surface area contributed by atoms with Crippen molar-refractivity contribution in [2.75, 3.05) is 20.2 Å². The maximum absolute atomic E-state index is 11.9. The smallest absolute Gasteiger partial charge is 0.339 e. The summed E-state index contributed by atoms with van der Waals surface area (Å²) < 4.78 is 30.7. The van der Waals surface area contributed by atoms with Gasteiger partial charge in [0, 0.05) is 6.54 Å². The van der Waals surface area contributed by atoms with E-state index in [0.717, 1.165) is 0 Å². The van der Waals surface area contributed by atoms with Crippen LogP contribution in [0.2, 0.25) is 5.02 Å². The maximum atomic E-state index is 11.9. The summed E-state index contributed by atoms with van der Waals surface area (Å²) in [5, 5.41) is 0.0218. The lowest BCUT2D eigenvalue weighted by Gasteiger charge is -2.08. The third-order valence-corrected chi connectivity index (χ3v) is 4.10. The topological polar surface area (TPSA) is 98.5 Å². The second-order valence-electron chi connectivity index (χ2n) is 3.67. The van der Waals surface area contributed by atoms with Crippen molar-refractivity contribution < 1.29 is 17.9 Å². The third kappa shape index (κ3) is 4.92. The van der Waals surface area contributed by atoms with Gasteiger partial charge in [-0.25, -0.2) is 17.9 Å². The van der Waals surface area contributed by atoms with Crippen LogP contribution in [0.4, 0.5) is 0 Å². The first kappa shape index (κ1) is 19.1. The molecule has 0 saturated heterocycles. The van der Waals surface area contributed by atoms with Gasteiger partial charge in [-0.15, -0.1) is 12.4 Å². The van der Waals surface area contributed by atoms with Gasteiger partial charge in [-0.2, -0.15) is 0 Å². The number of esters is 1. The maximum Gasteiger partial charge on any atom is 0.339 e. The zero-order valence-electron chi connectivity index (χ0n) is 10.8. The van der Waals surface area contributed by atoms with Crippen LogP contribution >= 0.6 is 24.0 Å². The van der Waals surface area contributed by atoms with Crippen LogP contribution in [-0.2, 0) is 14.8 Å². The molecule has 1 aromatic rings. The lowest BCUT2D eigenvalue weighted by molar-refractivity contribution is 0.0601. The van der Waals surface area contributed by atoms with Crippen LogP contribution in [0, 0.1) is 0 Å². The van der Waals surface area contributed by atoms with E-state index in [4.69, 9.17) is 17.3 Å². The average molecular weight is 343 g/mol. The van der Waals surface area contributed by atoms with E-state index in [1.165, 1.54) is 25.3 Å². The fraction of sp³-hybridized carbons (Fsp3) is 0.364. The number of carbonyl (C=O) groups is 1. The molecule has 1 rings (SSSR count). The summed E-state index contributed by atoms with van der Waals surface area (Å²) in [6.07, 6.45) is 0.535. The van der Waals surface area contributed by atoms with E-state index in [9.17, 15) is 13.2 Å². The lowest BCUT2D eigenvalue weighted by atomic mass is 10.2. The van der Waals surface area contributed by atoms with E-state index in [0.29, 0.717) is 13.0 Å². The normalized spacial score (nSPS) is 10.8. The minimum atomic E-state index is -3.65. The summed E-state index contributed by atoms with van der Waals surface area (Å²) in [5.74, 6) is -0.620. The fourth-order valence-corrected chi connectivity index (χ4v) is 2.75. The van der Waals surface area contributed by atoms with Crippen LogP contribution in [0.5, 0.6) is 0 Å². The molecule has 0 unspecified atom stereocenters. The minimum Gasteiger partial charge on any atom is -0.465 e. The number of methoxy groups -OCH3 is 1. The molecule has 0 aliphatic rings. The molecule has 0 aliphatic heterocycles. The van der Waals surface area contributed by atoms with Gasteiger partial charge in [0.05, 0.1) is 22.6 Å². The Morgan fingerprint density at radius 1 is 1.45 bits per heavy atom. The average Bonchev–Trinajstić information content (AvgIpc) is 2.38. The quantitative estimate of drug-likeness (QED) is 0.597. The third-order valence-electron chi connectivity index (χ3n) is 2.33. The molecule has 0 heterocycles. The highest BCUT2D eigenvalue weighted by Crippen LogP contribution is 2.21. The Balaban J connectivity index is 0.00000361. The van der Waals surface area contributed by atoms with Gasteiger partial charge in [0.15, 0.2) is 0 Å². The van der Waals surface area contributed by atoms with Gasteiger partial charge in [0.1, 0.15) is 0 Å². The number of ether oxygens (including phenoxy) is 1. The second kappa shape index (κ2) is 8.43. The molecule has 3 N–H and O–H groups in total. The van der Waals surface area contributed by atoms with Crippen molar-refractivity contribution in [2.24, 2.45) is 5.73 Å². The predicted octanol–water partition coefficient (Wildman–Crippen LogP) is 1.18. The van der Waals surface area contributed by atoms with Crippen LogP contribution in [0.25, 0.3) is 0 Å². The summed E-state index contributed by atoms with van der Waals surface area (Å²) >= 11 is 5.86. The zero-order chi connectivity index (χ0) is 14.5. The highest BCUT2D eigenvalue weighted by molar-refractivity contribution is 7.89. The molecule has 0 atom stereocenters. The monoisotopic (exact) mass is 342 g/mol. The molecule has 114 valence electrons. The van der Waals surface area contributed by atoms with Crippen molar-refractivity contribution in [3.8, 4) is 0 Å². The summed E-state index contributed by atoms with van der Waals surface area (Å²) in [6.45, 7) is 0.639. The standard InChI is InChI=1S/C11H15ClN2O4S.ClH/c1-18-11(15)9-4-3-8(7-10(9)12)19(16,17)14-6-2-5-13;/h3-4,7,14H,2,5-6,13H2,1H3;1H. The lowest BCUT2D eigenvalue weighted by Crippen LogP contribution is -2.26. The molecule has 0 fully saturated rings. The second-order valence-corrected chi connectivity index (χ2v) is 5.85. The molecule has 0 aromatic heterocycles. The summed E-state index contributed by atoms with van der Waals surface area (Å²) in [7, 11) is -2.43. The van der Waals surface area contributed by atoms with Crippen LogP contribution in [0.15, 0.2) is 23.1 Å². The van der Waals surface area contributed by atoms with Crippen molar-refractivity contribution in [2.45, 2.75) is 11.3 Å². The van der Waals surface area contributed by atoms with E-state index in [1.807, 2.05) is 0 Å². The van der Waals surface area contributed by atoms with Crippen LogP contribution < -0.4 is 10.5 Å². The Kier molecular flexibility index (Phi) is 8.07. The van der Waals surface area contributed by atoms with Crippen LogP contribution in [0.3, 0.4) is 0 Å². The van der Waals surface area contributed by atoms with Crippen LogP contribution in [0.1, 0.15) is 16.8 Å². The molecule has 0 saturated carbocycles. The zero-order valence-corrected chi connectivity index (χ0v) is 13.1. The Morgan fingerprint density at radius 3 is 2.60 bits per heavy atom. The van der Waals surface area contributed by atoms with Gasteiger partial charge in [-0.05, 0) is 31.2 Å². The summed E-state index contributed by atoms with van der Waals surface area (Å²) in [5.41, 5.74) is 5.40. The first-order chi connectivity index (χ1) is 8.92. The first-order valence-corrected chi connectivity index (χ1v) is 7.36. The highest BCUT2D eigenvalue weighted by Gasteiger charge is 2.17. The highest BCUT2D eigenvalue weighted by atomic mass is 35.5. The van der Waals surface area contributed by atoms with Crippen molar-refractivity contribution >= 4 is 40.0 Å². The predicted molar refractivity (Wildman–Crippen MR) is 78.9 cm³/mol. The number of hydrogen-bond acceptors (Lipinski definition) is 5. The van der Waals surface area contributed by atoms with E-state index in [1.54, 1.807) is 0 Å². The Bertz CT molecular complexity index is 564. The summed E-state index contributed by atoms with van der Waals surface area (Å²) in [4.78, 5) is 11.3. The van der Waals surface area contributed by atoms with Gasteiger partial charge in [0.25, 0.3) is 0 Å². The van der Waals surface area contributed by atoms with Gasteiger partial charge in [-0.3, -0.25) is 0 Å². The number of halogens is 2. The molecule has 1 aromatic carbocycles. The van der Waals surface area contributed by atoms with Gasteiger partial charge in [-0.1, -0.05) is 11.6 Å². The van der Waals surface area contributed by atoms with Gasteiger partial charge < -0.3 is 10.5 Å². The molecular formula is C11H16Cl2N2O4S. The van der Waals surface area contributed by atoms with E-state index < -0.39 is 16.0 Å². The number of hydrogen-bond donors (Lipinski definition) is 2. The SMILES string of the molecule is COC(=O)c1ccc(S(=O)(=O)NCCCN)cc1Cl.Cl. The molecule has 0 bridgehead atoms. The van der Waals surface area contributed by atoms with Crippen molar-refractivity contribution in [3.63, 3.8) is 0 Å². The number of rotatable bonds is 6. The van der Waals surface area contributed by atoms with Crippen molar-refractivity contribution in [1.29, 1.82) is 0 Å². The first-order valence-electron chi connectivity index (χ1n) is 5.50. The van der Waals surface area contributed by atoms with Crippen molar-refractivity contribution in [1.82, 2.24) is 4.72 Å². The van der Waals surface area contributed by atoms with E-state index in [-0.39, 0.29) is 34.4 Å². The molecule has 0 spiro atoms. The molecule has 0 amide bonds.